The lowest BCUT2D eigenvalue weighted by atomic mass is 9.48. The minimum atomic E-state index is -0.402. The smallest absolute Gasteiger partial charge is 0.322 e. The third-order valence-corrected chi connectivity index (χ3v) is 5.41. The van der Waals surface area contributed by atoms with Crippen molar-refractivity contribution in [2.75, 3.05) is 6.61 Å². The molecule has 0 aliphatic heterocycles. The van der Waals surface area contributed by atoms with E-state index in [4.69, 9.17) is 10.5 Å². The van der Waals surface area contributed by atoms with Gasteiger partial charge in [-0.3, -0.25) is 4.79 Å². The topological polar surface area (TPSA) is 52.3 Å². The number of rotatable bonds is 4. The molecule has 102 valence electrons. The lowest BCUT2D eigenvalue weighted by Crippen LogP contribution is -2.49. The van der Waals surface area contributed by atoms with Crippen LogP contribution in [0.1, 0.15) is 51.9 Å². The monoisotopic (exact) mass is 251 g/mol. The molecule has 2 N–H and O–H groups in total. The standard InChI is InChI=1S/C15H25NO2/c1-2-18-14(17)13(16)9-15-6-10-3-11(7-15)5-12(4-10)8-15/h10-13H,2-9,16H2,1H3/t10?,11?,12?,13-,15?/m0/s1. The number of carbonyl (C=O) groups is 1. The molecule has 0 radical (unpaired) electrons. The van der Waals surface area contributed by atoms with E-state index in [1.807, 2.05) is 6.92 Å². The summed E-state index contributed by atoms with van der Waals surface area (Å²) in [5.74, 6) is 2.56. The van der Waals surface area contributed by atoms with Crippen molar-refractivity contribution in [3.63, 3.8) is 0 Å². The Hall–Kier alpha value is -0.570. The summed E-state index contributed by atoms with van der Waals surface area (Å²) < 4.78 is 5.05. The van der Waals surface area contributed by atoms with Crippen molar-refractivity contribution in [2.24, 2.45) is 28.9 Å². The molecule has 3 heteroatoms. The highest BCUT2D eigenvalue weighted by atomic mass is 16.5. The third kappa shape index (κ3) is 2.18. The number of nitrogens with two attached hydrogens (primary N) is 1. The van der Waals surface area contributed by atoms with Crippen molar-refractivity contribution in [1.82, 2.24) is 0 Å². The normalized spacial score (nSPS) is 42.9. The van der Waals surface area contributed by atoms with Crippen LogP contribution in [-0.2, 0) is 9.53 Å². The van der Waals surface area contributed by atoms with E-state index >= 15 is 0 Å². The van der Waals surface area contributed by atoms with E-state index in [9.17, 15) is 4.79 Å². The van der Waals surface area contributed by atoms with Gasteiger partial charge in [0, 0.05) is 0 Å². The maximum atomic E-state index is 11.7. The molecule has 18 heavy (non-hydrogen) atoms. The van der Waals surface area contributed by atoms with Gasteiger partial charge in [0.15, 0.2) is 0 Å². The highest BCUT2D eigenvalue weighted by Crippen LogP contribution is 2.61. The summed E-state index contributed by atoms with van der Waals surface area (Å²) in [5, 5.41) is 0. The molecular formula is C15H25NO2. The van der Waals surface area contributed by atoms with E-state index in [0.717, 1.165) is 24.2 Å². The van der Waals surface area contributed by atoms with Gasteiger partial charge in [-0.15, -0.1) is 0 Å². The summed E-state index contributed by atoms with van der Waals surface area (Å²) in [6.45, 7) is 2.28. The van der Waals surface area contributed by atoms with Gasteiger partial charge in [0.05, 0.1) is 6.61 Å². The Morgan fingerprint density at radius 2 is 1.72 bits per heavy atom. The SMILES string of the molecule is CCOC(=O)[C@@H](N)CC12CC3CC(CC(C3)C1)C2. The van der Waals surface area contributed by atoms with E-state index in [1.165, 1.54) is 38.5 Å². The fourth-order valence-corrected chi connectivity index (χ4v) is 5.34. The van der Waals surface area contributed by atoms with Crippen LogP contribution in [0.2, 0.25) is 0 Å². The van der Waals surface area contributed by atoms with Gasteiger partial charge >= 0.3 is 5.97 Å². The van der Waals surface area contributed by atoms with E-state index < -0.39 is 6.04 Å². The van der Waals surface area contributed by atoms with E-state index in [1.54, 1.807) is 0 Å². The van der Waals surface area contributed by atoms with Gasteiger partial charge in [-0.25, -0.2) is 0 Å². The summed E-state index contributed by atoms with van der Waals surface area (Å²) in [7, 11) is 0. The van der Waals surface area contributed by atoms with Crippen LogP contribution in [-0.4, -0.2) is 18.6 Å². The Kier molecular flexibility index (Phi) is 3.13. The van der Waals surface area contributed by atoms with Crippen molar-refractivity contribution in [3.05, 3.63) is 0 Å². The molecule has 0 amide bonds. The van der Waals surface area contributed by atoms with Crippen molar-refractivity contribution in [3.8, 4) is 0 Å². The van der Waals surface area contributed by atoms with Crippen LogP contribution in [0.4, 0.5) is 0 Å². The molecule has 0 heterocycles. The Bertz CT molecular complexity index is 304. The van der Waals surface area contributed by atoms with Crippen molar-refractivity contribution >= 4 is 5.97 Å². The van der Waals surface area contributed by atoms with Crippen LogP contribution in [0.25, 0.3) is 0 Å². The van der Waals surface area contributed by atoms with Crippen LogP contribution < -0.4 is 5.73 Å². The van der Waals surface area contributed by atoms with Gasteiger partial charge in [0.1, 0.15) is 6.04 Å². The minimum absolute atomic E-state index is 0.201. The second-order valence-corrected chi connectivity index (χ2v) is 6.98. The van der Waals surface area contributed by atoms with Crippen LogP contribution in [0.15, 0.2) is 0 Å². The first kappa shape index (κ1) is 12.5. The van der Waals surface area contributed by atoms with Crippen LogP contribution in [0.5, 0.6) is 0 Å². The quantitative estimate of drug-likeness (QED) is 0.781. The van der Waals surface area contributed by atoms with Crippen LogP contribution >= 0.6 is 0 Å². The zero-order chi connectivity index (χ0) is 12.8. The van der Waals surface area contributed by atoms with Crippen molar-refractivity contribution < 1.29 is 9.53 Å². The molecule has 1 atom stereocenters. The Balaban J connectivity index is 1.66. The molecule has 4 bridgehead atoms. The highest BCUT2D eigenvalue weighted by molar-refractivity contribution is 5.75. The molecule has 4 saturated carbocycles. The molecule has 4 aliphatic carbocycles. The molecule has 4 rings (SSSR count). The fourth-order valence-electron chi connectivity index (χ4n) is 5.34. The van der Waals surface area contributed by atoms with Gasteiger partial charge in [-0.2, -0.15) is 0 Å². The molecule has 0 unspecified atom stereocenters. The summed E-state index contributed by atoms with van der Waals surface area (Å²) in [5.41, 5.74) is 6.43. The van der Waals surface area contributed by atoms with E-state index in [2.05, 4.69) is 0 Å². The fraction of sp³-hybridized carbons (Fsp3) is 0.933. The molecule has 0 saturated heterocycles. The summed E-state index contributed by atoms with van der Waals surface area (Å²) >= 11 is 0. The number of hydrogen-bond donors (Lipinski definition) is 1. The molecule has 4 fully saturated rings. The average Bonchev–Trinajstić information content (AvgIpc) is 2.26. The lowest BCUT2D eigenvalue weighted by Gasteiger charge is -2.57. The first-order valence-electron chi connectivity index (χ1n) is 7.52. The molecule has 0 aromatic rings. The Morgan fingerprint density at radius 1 is 1.22 bits per heavy atom. The lowest BCUT2D eigenvalue weighted by molar-refractivity contribution is -0.147. The van der Waals surface area contributed by atoms with E-state index in [-0.39, 0.29) is 5.97 Å². The number of carbonyl (C=O) groups excluding carboxylic acids is 1. The maximum Gasteiger partial charge on any atom is 0.322 e. The second-order valence-electron chi connectivity index (χ2n) is 6.98. The van der Waals surface area contributed by atoms with Crippen molar-refractivity contribution in [1.29, 1.82) is 0 Å². The molecule has 3 nitrogen and oxygen atoms in total. The van der Waals surface area contributed by atoms with Gasteiger partial charge in [0.2, 0.25) is 0 Å². The summed E-state index contributed by atoms with van der Waals surface area (Å²) in [6.07, 6.45) is 9.11. The summed E-state index contributed by atoms with van der Waals surface area (Å²) in [4.78, 5) is 11.7. The Labute approximate surface area is 109 Å². The third-order valence-electron chi connectivity index (χ3n) is 5.41. The second kappa shape index (κ2) is 4.52. The molecule has 0 aromatic carbocycles. The maximum absolute atomic E-state index is 11.7. The van der Waals surface area contributed by atoms with Crippen LogP contribution in [0.3, 0.4) is 0 Å². The van der Waals surface area contributed by atoms with Gasteiger partial charge < -0.3 is 10.5 Å². The molecule has 0 spiro atoms. The van der Waals surface area contributed by atoms with Crippen molar-refractivity contribution in [2.45, 2.75) is 57.9 Å². The number of ether oxygens (including phenoxy) is 1. The first-order valence-corrected chi connectivity index (χ1v) is 7.52. The van der Waals surface area contributed by atoms with E-state index in [0.29, 0.717) is 12.0 Å². The van der Waals surface area contributed by atoms with Gasteiger partial charge in [-0.05, 0) is 75.0 Å². The predicted molar refractivity (Wildman–Crippen MR) is 69.8 cm³/mol. The predicted octanol–water partition coefficient (Wildman–Crippen LogP) is 2.48. The first-order chi connectivity index (χ1) is 8.60. The molecule has 0 aromatic heterocycles. The largest absolute Gasteiger partial charge is 0.465 e. The summed E-state index contributed by atoms with van der Waals surface area (Å²) in [6, 6.07) is -0.402. The average molecular weight is 251 g/mol. The van der Waals surface area contributed by atoms with Gasteiger partial charge in [-0.1, -0.05) is 0 Å². The molecular weight excluding hydrogens is 226 g/mol. The van der Waals surface area contributed by atoms with Gasteiger partial charge in [0.25, 0.3) is 0 Å². The van der Waals surface area contributed by atoms with Crippen LogP contribution in [0, 0.1) is 23.2 Å². The zero-order valence-electron chi connectivity index (χ0n) is 11.4. The zero-order valence-corrected chi connectivity index (χ0v) is 11.4. The number of hydrogen-bond acceptors (Lipinski definition) is 3. The number of esters is 1. The highest BCUT2D eigenvalue weighted by Gasteiger charge is 2.51. The molecule has 4 aliphatic rings. The minimum Gasteiger partial charge on any atom is -0.465 e. The Morgan fingerprint density at radius 3 is 2.17 bits per heavy atom.